The van der Waals surface area contributed by atoms with Crippen LogP contribution >= 0.6 is 34.8 Å². The smallest absolute Gasteiger partial charge is 0.407 e. The fourth-order valence-electron chi connectivity index (χ4n) is 12.3. The van der Waals surface area contributed by atoms with Crippen LogP contribution in [0.15, 0.2) is 127 Å². The van der Waals surface area contributed by atoms with Gasteiger partial charge in [0.15, 0.2) is 37.2 Å². The van der Waals surface area contributed by atoms with Crippen LogP contribution in [0.25, 0.3) is 22.3 Å². The number of carboxylic acids is 1. The summed E-state index contributed by atoms with van der Waals surface area (Å²) in [6.07, 6.45) is 13.3. The Hall–Kier alpha value is -9.21. The van der Waals surface area contributed by atoms with Gasteiger partial charge < -0.3 is 117 Å². The molecule has 6 fully saturated rings. The average molecular weight is 1870 g/mol. The number of fused-ring (bicyclic) bond motifs is 6. The highest BCUT2D eigenvalue weighted by molar-refractivity contribution is 6.76. The second-order valence-corrected chi connectivity index (χ2v) is 30.6. The van der Waals surface area contributed by atoms with Gasteiger partial charge in [0.2, 0.25) is 18.5 Å². The van der Waals surface area contributed by atoms with Gasteiger partial charge in [-0.25, -0.2) is 19.2 Å². The van der Waals surface area contributed by atoms with Gasteiger partial charge in [0.05, 0.1) is 54.9 Å². The highest BCUT2D eigenvalue weighted by atomic mass is 35.6. The summed E-state index contributed by atoms with van der Waals surface area (Å²) in [5, 5.41) is 53.1. The topological polar surface area (TPSA) is 460 Å². The van der Waals surface area contributed by atoms with Gasteiger partial charge in [-0.15, -0.1) is 0 Å². The number of aliphatic hydroxyl groups excluding tert-OH is 4. The number of alkyl halides is 3. The number of alkyl carbamates (subject to hydrolysis) is 2. The van der Waals surface area contributed by atoms with E-state index in [1.807, 2.05) is 91.0 Å². The van der Waals surface area contributed by atoms with Crippen LogP contribution in [0.1, 0.15) is 190 Å². The summed E-state index contributed by atoms with van der Waals surface area (Å²) in [6.45, 7) is 11.0. The third kappa shape index (κ3) is 49.5. The molecule has 128 heavy (non-hydrogen) atoms. The molecule has 5 aromatic carbocycles. The van der Waals surface area contributed by atoms with Crippen LogP contribution in [-0.2, 0) is 121 Å². The fourth-order valence-corrected chi connectivity index (χ4v) is 12.4. The monoisotopic (exact) mass is 1870 g/mol. The Balaban J connectivity index is 0.000000536. The molecule has 2 unspecified atom stereocenters. The number of hydrogen-bond acceptors (Lipinski definition) is 31. The van der Waals surface area contributed by atoms with E-state index in [0.29, 0.717) is 19.8 Å². The Labute approximate surface area is 764 Å². The van der Waals surface area contributed by atoms with E-state index in [2.05, 4.69) is 66.0 Å². The fraction of sp³-hybridized carbons (Fsp3) is 0.560. The van der Waals surface area contributed by atoms with E-state index in [0.717, 1.165) is 200 Å². The maximum Gasteiger partial charge on any atom is 0.407 e. The van der Waals surface area contributed by atoms with Crippen LogP contribution in [0.3, 0.4) is 0 Å². The molecular formula is C91H130Cl3N3O31. The Morgan fingerprint density at radius 1 is 0.398 bits per heavy atom. The lowest BCUT2D eigenvalue weighted by Gasteiger charge is -2.25. The van der Waals surface area contributed by atoms with Crippen LogP contribution < -0.4 is 10.6 Å². The number of aliphatic hydroxyl groups is 4. The standard InChI is InChI=1S/C30H31NO6.C23H25NO6.C7H10Cl3NO2.C7H12O3.2C5H10O2.4C3H6O2.2CH4O/c32-29(36-18-21-10-2-1-3-11-21)27(20-35-28-16-8-9-17-34-28)31-30(33)37-19-26-24-14-6-4-12-22(24)23-13-5-7-15-25(23)26;25-22(26)20(14-29-21-11-5-6-12-28-21)24-23(27)30-13-19-17-9-3-1-7-15(17)16-8-2-4-10-18(16)19;8-7(9,10)6(11)13-5-3-1-2-4-12-5;1-6(8)10-7-4-2-3-5-9-7;2*6-5-3-1-2-4-7-5;4*1-3(4)5-2;2*1-2/h1-7,10-15,26-28H,8-9,16-20H2,(H,31,33);1-4,7-10,19-21H,5-6,11-14H2,(H,24,27)(H,25,26);5,11H,1-4H2;7H,2-5H2,1H3;2*5-6H,1-4H2;4*1-2H3;2*2H,1H3/t27?,28-;20?,21-;5-;7-;2*5-;;;;;;/m000011....../s1. The molecule has 5 aromatic rings. The number of carbonyl (C=O) groups is 9. The molecule has 34 nitrogen and oxygen atoms in total. The van der Waals surface area contributed by atoms with Crippen molar-refractivity contribution in [2.45, 2.75) is 222 Å². The molecule has 6 saturated heterocycles. The molecule has 2 amide bonds. The van der Waals surface area contributed by atoms with E-state index in [1.54, 1.807) is 0 Å². The number of aliphatic carboxylic acids is 1. The second kappa shape index (κ2) is 68.8. The summed E-state index contributed by atoms with van der Waals surface area (Å²) >= 11 is 16.3. The lowest BCUT2D eigenvalue weighted by Crippen LogP contribution is -2.46. The van der Waals surface area contributed by atoms with Gasteiger partial charge in [-0.1, -0.05) is 162 Å². The van der Waals surface area contributed by atoms with Gasteiger partial charge in [0.1, 0.15) is 19.8 Å². The number of esters is 6. The van der Waals surface area contributed by atoms with E-state index in [1.165, 1.54) is 63.1 Å². The Bertz CT molecular complexity index is 3780. The zero-order chi connectivity index (χ0) is 95.0. The maximum absolute atomic E-state index is 12.9. The molecule has 6 heterocycles. The predicted molar refractivity (Wildman–Crippen MR) is 474 cm³/mol. The van der Waals surface area contributed by atoms with Crippen molar-refractivity contribution in [2.24, 2.45) is 0 Å². The third-order valence-electron chi connectivity index (χ3n) is 18.8. The molecule has 0 bridgehead atoms. The minimum Gasteiger partial charge on any atom is -0.480 e. The van der Waals surface area contributed by atoms with Crippen molar-refractivity contribution in [2.75, 3.05) is 109 Å². The highest BCUT2D eigenvalue weighted by Crippen LogP contribution is 2.46. The van der Waals surface area contributed by atoms with Crippen LogP contribution in [0.4, 0.5) is 9.59 Å². The minimum absolute atomic E-state index is 0.0670. The normalized spacial score (nSPS) is 18.7. The first-order valence-corrected chi connectivity index (χ1v) is 43.1. The molecule has 716 valence electrons. The minimum atomic E-state index is -1.79. The van der Waals surface area contributed by atoms with Crippen molar-refractivity contribution < 1.29 is 149 Å². The van der Waals surface area contributed by atoms with E-state index in [9.17, 15) is 48.3 Å². The van der Waals surface area contributed by atoms with Crippen LogP contribution in [0.2, 0.25) is 0 Å². The zero-order valence-electron chi connectivity index (χ0n) is 74.9. The number of methoxy groups -OCH3 is 4. The molecule has 8 atom stereocenters. The van der Waals surface area contributed by atoms with E-state index < -0.39 is 71.5 Å². The first-order chi connectivity index (χ1) is 61.5. The lowest BCUT2D eigenvalue weighted by atomic mass is 9.98. The molecule has 0 aromatic heterocycles. The lowest BCUT2D eigenvalue weighted by molar-refractivity contribution is -0.184. The number of amides is 2. The van der Waals surface area contributed by atoms with Crippen molar-refractivity contribution in [3.63, 3.8) is 0 Å². The summed E-state index contributed by atoms with van der Waals surface area (Å²) < 4.78 is 83.4. The van der Waals surface area contributed by atoms with Gasteiger partial charge in [-0.05, 0) is 153 Å². The van der Waals surface area contributed by atoms with Gasteiger partial charge in [0.25, 0.3) is 3.79 Å². The summed E-state index contributed by atoms with van der Waals surface area (Å²) in [7, 11) is 7.40. The van der Waals surface area contributed by atoms with Crippen LogP contribution in [0.5, 0.6) is 0 Å². The molecule has 8 N–H and O–H groups in total. The molecule has 6 aliphatic heterocycles. The molecule has 37 heteroatoms. The molecule has 8 aliphatic rings. The molecule has 0 spiro atoms. The van der Waals surface area contributed by atoms with Crippen molar-refractivity contribution in [3.8, 4) is 22.3 Å². The molecule has 2 aliphatic carbocycles. The van der Waals surface area contributed by atoms with E-state index >= 15 is 0 Å². The number of ether oxygens (including phenoxy) is 17. The van der Waals surface area contributed by atoms with Crippen molar-refractivity contribution in [1.29, 1.82) is 5.41 Å². The van der Waals surface area contributed by atoms with Crippen LogP contribution in [0, 0.1) is 5.41 Å². The first-order valence-electron chi connectivity index (χ1n) is 42.0. The Morgan fingerprint density at radius 2 is 0.688 bits per heavy atom. The van der Waals surface area contributed by atoms with Gasteiger partial charge in [0, 0.05) is 99.9 Å². The Kier molecular flexibility index (Phi) is 61.8. The van der Waals surface area contributed by atoms with Gasteiger partial charge in [-0.3, -0.25) is 29.4 Å². The quantitative estimate of drug-likeness (QED) is 0.0133. The molecule has 13 rings (SSSR count). The Morgan fingerprint density at radius 3 is 0.961 bits per heavy atom. The van der Waals surface area contributed by atoms with Gasteiger partial charge >= 0.3 is 54.0 Å². The maximum atomic E-state index is 12.9. The van der Waals surface area contributed by atoms with Crippen molar-refractivity contribution in [1.82, 2.24) is 10.6 Å². The SMILES string of the molecule is CC(=O)O[C@H]1CCCCO1.CO.CO.COC(C)=O.COC(C)=O.COC(C)=O.COC(C)=O.N=C(O[C@H]1CCCCO1)C(Cl)(Cl)Cl.O=C(NC(CO[C@H]1CCCCO1)C(=O)O)OCC1c2ccccc2-c2ccccc21.O=C(NC(CO[C@H]1CCCCO1)C(=O)OCc1ccccc1)OCC1c2ccccc2-c2ccccc21.O[C@H]1CCCCO1.O[C@H]1CCCCO1. The first kappa shape index (κ1) is 115. The average Bonchev–Trinajstić information content (AvgIpc) is 1.62. The predicted octanol–water partition coefficient (Wildman–Crippen LogP) is 13.6. The van der Waals surface area contributed by atoms with Crippen molar-refractivity contribution in [3.05, 3.63) is 155 Å². The summed E-state index contributed by atoms with van der Waals surface area (Å²) in [4.78, 5) is 98.3. The molecule has 0 radical (unpaired) electrons. The largest absolute Gasteiger partial charge is 0.480 e. The number of rotatable bonds is 18. The summed E-state index contributed by atoms with van der Waals surface area (Å²) in [6, 6.07) is 39.5. The summed E-state index contributed by atoms with van der Waals surface area (Å²) in [5.74, 6) is -3.55. The van der Waals surface area contributed by atoms with Gasteiger partial charge in [-0.2, -0.15) is 0 Å². The highest BCUT2D eigenvalue weighted by Gasteiger charge is 2.35. The van der Waals surface area contributed by atoms with Crippen molar-refractivity contribution >= 4 is 94.7 Å². The van der Waals surface area contributed by atoms with Crippen LogP contribution in [-0.4, -0.2) is 248 Å². The van der Waals surface area contributed by atoms with E-state index in [-0.39, 0.29) is 86.9 Å². The number of carboxylic acid groups (broad SMARTS) is 1. The number of benzene rings is 5. The summed E-state index contributed by atoms with van der Waals surface area (Å²) in [5.41, 5.74) is 9.84. The second-order valence-electron chi connectivity index (χ2n) is 28.3. The molecule has 0 saturated carbocycles. The number of nitrogens with one attached hydrogen (secondary N) is 3. The molecular weight excluding hydrogens is 1740 g/mol. The third-order valence-corrected chi connectivity index (χ3v) is 19.3. The van der Waals surface area contributed by atoms with E-state index in [4.69, 9.17) is 122 Å². The number of hydrogen-bond donors (Lipinski definition) is 8. The number of carbonyl (C=O) groups excluding carboxylic acids is 8. The number of halogens is 3. The zero-order valence-corrected chi connectivity index (χ0v) is 77.2.